The first-order valence-electron chi connectivity index (χ1n) is 3.46. The molecule has 3 nitrogen and oxygen atoms in total. The summed E-state index contributed by atoms with van der Waals surface area (Å²) in [7, 11) is 0. The maximum absolute atomic E-state index is 11.1. The van der Waals surface area contributed by atoms with Crippen LogP contribution in [0.3, 0.4) is 0 Å². The van der Waals surface area contributed by atoms with Gasteiger partial charge in [-0.2, -0.15) is 0 Å². The Morgan fingerprint density at radius 1 is 1.67 bits per heavy atom. The molecule has 1 aromatic rings. The molecule has 0 saturated heterocycles. The minimum absolute atomic E-state index is 0.225. The third kappa shape index (κ3) is 2.10. The summed E-state index contributed by atoms with van der Waals surface area (Å²) >= 11 is 0. The molecule has 0 aliphatic carbocycles. The van der Waals surface area contributed by atoms with Crippen LogP contribution in [0.1, 0.15) is 17.3 Å². The Labute approximate surface area is 70.8 Å². The molecule has 0 atom stereocenters. The van der Waals surface area contributed by atoms with Gasteiger partial charge in [-0.05, 0) is 19.1 Å². The monoisotopic (exact) mass is 160 g/mol. The summed E-state index contributed by atoms with van der Waals surface area (Å²) in [6.45, 7) is 1.66. The van der Waals surface area contributed by atoms with E-state index in [4.69, 9.17) is 0 Å². The predicted molar refractivity (Wildman–Crippen MR) is 45.2 cm³/mol. The van der Waals surface area contributed by atoms with Crippen LogP contribution >= 0.6 is 0 Å². The predicted octanol–water partition coefficient (Wildman–Crippen LogP) is 0.792. The minimum Gasteiger partial charge on any atom is -0.281 e. The third-order valence-corrected chi connectivity index (χ3v) is 1.22. The number of hydrogen-bond acceptors (Lipinski definition) is 2. The van der Waals surface area contributed by atoms with E-state index in [0.29, 0.717) is 5.56 Å². The van der Waals surface area contributed by atoms with Crippen LogP contribution in [0.5, 0.6) is 0 Å². The zero-order valence-electron chi connectivity index (χ0n) is 6.66. The van der Waals surface area contributed by atoms with Gasteiger partial charge in [0.05, 0.1) is 5.56 Å². The lowest BCUT2D eigenvalue weighted by molar-refractivity contribution is 0.0973. The summed E-state index contributed by atoms with van der Waals surface area (Å²) in [4.78, 5) is 15.0. The minimum atomic E-state index is -0.225. The molecule has 0 unspecified atom stereocenters. The maximum atomic E-state index is 11.1. The molecular formula is C9H8N2O. The number of pyridine rings is 1. The Hall–Kier alpha value is -1.82. The first-order chi connectivity index (χ1) is 5.84. The molecule has 0 aliphatic heterocycles. The Balaban J connectivity index is 2.70. The molecule has 1 N–H and O–H groups in total. The van der Waals surface area contributed by atoms with Crippen molar-refractivity contribution < 1.29 is 4.79 Å². The van der Waals surface area contributed by atoms with Crippen molar-refractivity contribution in [2.75, 3.05) is 0 Å². The van der Waals surface area contributed by atoms with Crippen LogP contribution in [0.15, 0.2) is 24.5 Å². The smallest absolute Gasteiger partial charge is 0.264 e. The highest BCUT2D eigenvalue weighted by molar-refractivity contribution is 5.94. The molecule has 0 aliphatic rings. The van der Waals surface area contributed by atoms with Crippen molar-refractivity contribution in [2.24, 2.45) is 0 Å². The van der Waals surface area contributed by atoms with E-state index in [2.05, 4.69) is 22.3 Å². The van der Waals surface area contributed by atoms with Crippen molar-refractivity contribution in [3.05, 3.63) is 30.1 Å². The first kappa shape index (κ1) is 8.28. The Kier molecular flexibility index (Phi) is 2.86. The third-order valence-electron chi connectivity index (χ3n) is 1.22. The van der Waals surface area contributed by atoms with E-state index in [9.17, 15) is 4.79 Å². The van der Waals surface area contributed by atoms with Crippen LogP contribution in [0.2, 0.25) is 0 Å². The zero-order valence-corrected chi connectivity index (χ0v) is 6.66. The van der Waals surface area contributed by atoms with Crippen molar-refractivity contribution >= 4 is 5.91 Å². The molecule has 3 heteroatoms. The molecule has 1 aromatic heterocycles. The molecular weight excluding hydrogens is 152 g/mol. The highest BCUT2D eigenvalue weighted by Crippen LogP contribution is 1.93. The maximum Gasteiger partial charge on any atom is 0.264 e. The molecule has 1 rings (SSSR count). The fourth-order valence-corrected chi connectivity index (χ4v) is 0.689. The van der Waals surface area contributed by atoms with Crippen molar-refractivity contribution in [2.45, 2.75) is 6.92 Å². The van der Waals surface area contributed by atoms with Gasteiger partial charge in [-0.3, -0.25) is 15.1 Å². The van der Waals surface area contributed by atoms with Crippen LogP contribution in [0.25, 0.3) is 0 Å². The van der Waals surface area contributed by atoms with Gasteiger partial charge in [0.15, 0.2) is 0 Å². The van der Waals surface area contributed by atoms with Crippen LogP contribution < -0.4 is 5.32 Å². The molecule has 1 amide bonds. The number of nitrogens with zero attached hydrogens (tertiary/aromatic N) is 1. The van der Waals surface area contributed by atoms with Gasteiger partial charge in [0.2, 0.25) is 0 Å². The molecule has 1 heterocycles. The number of carbonyl (C=O) groups is 1. The summed E-state index contributed by atoms with van der Waals surface area (Å²) in [5.41, 5.74) is 0.514. The highest BCUT2D eigenvalue weighted by Gasteiger charge is 2.00. The van der Waals surface area contributed by atoms with Gasteiger partial charge in [0.1, 0.15) is 0 Å². The molecule has 60 valence electrons. The van der Waals surface area contributed by atoms with E-state index in [1.54, 1.807) is 25.3 Å². The zero-order chi connectivity index (χ0) is 8.81. The van der Waals surface area contributed by atoms with Gasteiger partial charge in [0, 0.05) is 18.4 Å². The van der Waals surface area contributed by atoms with Crippen molar-refractivity contribution in [1.82, 2.24) is 10.3 Å². The second-order valence-electron chi connectivity index (χ2n) is 2.07. The normalized spacial score (nSPS) is 8.08. The lowest BCUT2D eigenvalue weighted by Gasteiger charge is -1.95. The number of nitrogens with one attached hydrogen (secondary N) is 1. The Morgan fingerprint density at radius 3 is 3.08 bits per heavy atom. The summed E-state index contributed by atoms with van der Waals surface area (Å²) < 4.78 is 0. The molecule has 0 aromatic carbocycles. The average molecular weight is 160 g/mol. The fourth-order valence-electron chi connectivity index (χ4n) is 0.689. The largest absolute Gasteiger partial charge is 0.281 e. The van der Waals surface area contributed by atoms with Crippen molar-refractivity contribution in [3.63, 3.8) is 0 Å². The molecule has 0 radical (unpaired) electrons. The van der Waals surface area contributed by atoms with E-state index < -0.39 is 0 Å². The average Bonchev–Trinajstić information content (AvgIpc) is 2.15. The SMILES string of the molecule is CC#CNC(=O)c1cccnc1. The van der Waals surface area contributed by atoms with E-state index in [0.717, 1.165) is 0 Å². The Bertz CT molecular complexity index is 321. The van der Waals surface area contributed by atoms with Crippen LogP contribution in [-0.2, 0) is 0 Å². The van der Waals surface area contributed by atoms with Crippen molar-refractivity contribution in [3.8, 4) is 12.0 Å². The highest BCUT2D eigenvalue weighted by atomic mass is 16.1. The number of rotatable bonds is 1. The molecule has 0 spiro atoms. The van der Waals surface area contributed by atoms with Crippen LogP contribution in [0.4, 0.5) is 0 Å². The second kappa shape index (κ2) is 4.14. The number of aromatic nitrogens is 1. The number of hydrogen-bond donors (Lipinski definition) is 1. The molecule has 0 fully saturated rings. The molecule has 0 saturated carbocycles. The van der Waals surface area contributed by atoms with Gasteiger partial charge in [0.25, 0.3) is 5.91 Å². The number of amides is 1. The van der Waals surface area contributed by atoms with Gasteiger partial charge < -0.3 is 0 Å². The van der Waals surface area contributed by atoms with E-state index >= 15 is 0 Å². The summed E-state index contributed by atoms with van der Waals surface area (Å²) in [5, 5.41) is 2.41. The summed E-state index contributed by atoms with van der Waals surface area (Å²) in [6.07, 6.45) is 3.11. The quantitative estimate of drug-likeness (QED) is 0.487. The van der Waals surface area contributed by atoms with Gasteiger partial charge in [-0.15, -0.1) is 0 Å². The lowest BCUT2D eigenvalue weighted by Crippen LogP contribution is -2.17. The summed E-state index contributed by atoms with van der Waals surface area (Å²) in [5.74, 6) is 2.34. The first-order valence-corrected chi connectivity index (χ1v) is 3.46. The standard InChI is InChI=1S/C9H8N2O/c1-2-5-11-9(12)8-4-3-6-10-7-8/h3-4,6-7H,1H3,(H,11,12). The Morgan fingerprint density at radius 2 is 2.50 bits per heavy atom. The second-order valence-corrected chi connectivity index (χ2v) is 2.07. The van der Waals surface area contributed by atoms with E-state index in [-0.39, 0.29) is 5.91 Å². The van der Waals surface area contributed by atoms with E-state index in [1.165, 1.54) is 6.20 Å². The summed E-state index contributed by atoms with van der Waals surface area (Å²) in [6, 6.07) is 5.85. The lowest BCUT2D eigenvalue weighted by atomic mass is 10.3. The van der Waals surface area contributed by atoms with Crippen LogP contribution in [-0.4, -0.2) is 10.9 Å². The molecule has 0 bridgehead atoms. The van der Waals surface area contributed by atoms with Gasteiger partial charge in [-0.25, -0.2) is 0 Å². The molecule has 12 heavy (non-hydrogen) atoms. The van der Waals surface area contributed by atoms with Crippen LogP contribution in [0, 0.1) is 12.0 Å². The number of carbonyl (C=O) groups excluding carboxylic acids is 1. The van der Waals surface area contributed by atoms with Crippen molar-refractivity contribution in [1.29, 1.82) is 0 Å². The van der Waals surface area contributed by atoms with E-state index in [1.807, 2.05) is 0 Å². The fraction of sp³-hybridized carbons (Fsp3) is 0.111. The van der Waals surface area contributed by atoms with Gasteiger partial charge >= 0.3 is 0 Å². The topological polar surface area (TPSA) is 42.0 Å². The van der Waals surface area contributed by atoms with Gasteiger partial charge in [-0.1, -0.05) is 5.92 Å².